The van der Waals surface area contributed by atoms with Crippen LogP contribution in [-0.4, -0.2) is 52.6 Å². The summed E-state index contributed by atoms with van der Waals surface area (Å²) in [6, 6.07) is 6.09. The molecule has 2 aliphatic rings. The van der Waals surface area contributed by atoms with Crippen LogP contribution in [-0.2, 0) is 6.54 Å². The third kappa shape index (κ3) is 3.23. The highest BCUT2D eigenvalue weighted by Crippen LogP contribution is 2.37. The van der Waals surface area contributed by atoms with Crippen molar-refractivity contribution >= 4 is 26.8 Å². The second-order valence-electron chi connectivity index (χ2n) is 7.68. The molecular weight excluding hydrogens is 392 g/mol. The topological polar surface area (TPSA) is 41.4 Å². The fraction of sp³-hybridized carbons (Fsp3) is 0.600. The number of likely N-dealkylation sites (N-methyl/N-ethyl adjacent to an activating group) is 1. The van der Waals surface area contributed by atoms with Crippen molar-refractivity contribution in [1.29, 1.82) is 0 Å². The molecule has 6 heteroatoms. The van der Waals surface area contributed by atoms with Gasteiger partial charge in [-0.15, -0.1) is 0 Å². The summed E-state index contributed by atoms with van der Waals surface area (Å²) < 4.78 is 2.87. The maximum Gasteiger partial charge on any atom is 0.261 e. The van der Waals surface area contributed by atoms with E-state index in [9.17, 15) is 4.79 Å². The molecule has 0 unspecified atom stereocenters. The Hall–Kier alpha value is -1.24. The zero-order valence-corrected chi connectivity index (χ0v) is 17.2. The quantitative estimate of drug-likeness (QED) is 0.750. The summed E-state index contributed by atoms with van der Waals surface area (Å²) in [4.78, 5) is 23.1. The zero-order valence-electron chi connectivity index (χ0n) is 15.6. The molecule has 1 aromatic heterocycles. The van der Waals surface area contributed by atoms with Gasteiger partial charge in [-0.3, -0.25) is 14.3 Å². The number of halogens is 1. The Balaban J connectivity index is 1.83. The van der Waals surface area contributed by atoms with E-state index in [2.05, 4.69) is 39.7 Å². The Labute approximate surface area is 163 Å². The first kappa shape index (κ1) is 18.1. The molecule has 1 saturated heterocycles. The molecule has 0 bridgehead atoms. The van der Waals surface area contributed by atoms with Gasteiger partial charge in [0, 0.05) is 30.7 Å². The van der Waals surface area contributed by atoms with Gasteiger partial charge < -0.3 is 4.90 Å². The number of rotatable bonds is 2. The van der Waals surface area contributed by atoms with Crippen molar-refractivity contribution in [3.8, 4) is 0 Å². The van der Waals surface area contributed by atoms with E-state index in [1.807, 2.05) is 22.8 Å². The highest BCUT2D eigenvalue weighted by atomic mass is 79.9. The molecule has 0 radical (unpaired) electrons. The van der Waals surface area contributed by atoms with Crippen LogP contribution in [0.25, 0.3) is 10.9 Å². The first-order chi connectivity index (χ1) is 12.6. The highest BCUT2D eigenvalue weighted by molar-refractivity contribution is 9.10. The fourth-order valence-corrected chi connectivity index (χ4v) is 4.91. The van der Waals surface area contributed by atoms with Gasteiger partial charge in [0.15, 0.2) is 0 Å². The van der Waals surface area contributed by atoms with Gasteiger partial charge in [0.2, 0.25) is 0 Å². The predicted octanol–water partition coefficient (Wildman–Crippen LogP) is 3.27. The summed E-state index contributed by atoms with van der Waals surface area (Å²) in [5.41, 5.74) is 0.927. The maximum absolute atomic E-state index is 13.1. The van der Waals surface area contributed by atoms with Crippen LogP contribution in [0.4, 0.5) is 0 Å². The molecule has 5 nitrogen and oxygen atoms in total. The van der Waals surface area contributed by atoms with Crippen molar-refractivity contribution in [3.05, 3.63) is 38.9 Å². The van der Waals surface area contributed by atoms with E-state index in [1.165, 1.54) is 6.42 Å². The minimum atomic E-state index is 0.109. The van der Waals surface area contributed by atoms with Crippen molar-refractivity contribution in [2.24, 2.45) is 5.92 Å². The lowest BCUT2D eigenvalue weighted by Crippen LogP contribution is -2.44. The Kier molecular flexibility index (Phi) is 5.17. The fourth-order valence-electron chi connectivity index (χ4n) is 4.55. The van der Waals surface area contributed by atoms with E-state index in [0.29, 0.717) is 11.3 Å². The molecule has 2 aromatic rings. The standard InChI is InChI=1S/C20H27BrN4O/c1-3-14-7-10-25-19(18(14)24-9-4-8-23(2)11-12-24)22-17-6-5-15(21)13-16(17)20(25)26/h5-6,13-14,18H,3-4,7-12H2,1-2H3/t14-,18+/m0/s1. The van der Waals surface area contributed by atoms with Crippen LogP contribution < -0.4 is 5.56 Å². The number of hydrogen-bond donors (Lipinski definition) is 0. The average Bonchev–Trinajstić information content (AvgIpc) is 2.86. The highest BCUT2D eigenvalue weighted by Gasteiger charge is 2.36. The number of hydrogen-bond acceptors (Lipinski definition) is 4. The summed E-state index contributed by atoms with van der Waals surface area (Å²) in [5, 5.41) is 0.715. The second kappa shape index (κ2) is 7.41. The molecule has 0 aliphatic carbocycles. The molecule has 0 amide bonds. The average molecular weight is 419 g/mol. The molecule has 0 N–H and O–H groups in total. The predicted molar refractivity (Wildman–Crippen MR) is 109 cm³/mol. The van der Waals surface area contributed by atoms with Gasteiger partial charge in [0.25, 0.3) is 5.56 Å². The van der Waals surface area contributed by atoms with Crippen molar-refractivity contribution in [2.75, 3.05) is 33.2 Å². The van der Waals surface area contributed by atoms with E-state index >= 15 is 0 Å². The van der Waals surface area contributed by atoms with Crippen LogP contribution in [0.1, 0.15) is 38.1 Å². The first-order valence-electron chi connectivity index (χ1n) is 9.71. The molecule has 2 aliphatic heterocycles. The molecular formula is C20H27BrN4O. The molecule has 3 heterocycles. The van der Waals surface area contributed by atoms with Crippen molar-refractivity contribution in [3.63, 3.8) is 0 Å². The van der Waals surface area contributed by atoms with Crippen LogP contribution in [0.3, 0.4) is 0 Å². The summed E-state index contributed by atoms with van der Waals surface area (Å²) >= 11 is 3.48. The van der Waals surface area contributed by atoms with E-state index in [-0.39, 0.29) is 11.6 Å². The van der Waals surface area contributed by atoms with Gasteiger partial charge >= 0.3 is 0 Å². The minimum absolute atomic E-state index is 0.109. The smallest absolute Gasteiger partial charge is 0.261 e. The second-order valence-corrected chi connectivity index (χ2v) is 8.60. The van der Waals surface area contributed by atoms with Crippen molar-refractivity contribution in [2.45, 2.75) is 38.8 Å². The number of benzene rings is 1. The van der Waals surface area contributed by atoms with Gasteiger partial charge in [-0.2, -0.15) is 0 Å². The van der Waals surface area contributed by atoms with Crippen LogP contribution in [0.15, 0.2) is 27.5 Å². The summed E-state index contributed by atoms with van der Waals surface area (Å²) in [7, 11) is 2.20. The van der Waals surface area contributed by atoms with Gasteiger partial charge in [-0.25, -0.2) is 4.98 Å². The number of aromatic nitrogens is 2. The van der Waals surface area contributed by atoms with Crippen LogP contribution in [0.5, 0.6) is 0 Å². The maximum atomic E-state index is 13.1. The van der Waals surface area contributed by atoms with Gasteiger partial charge in [0.05, 0.1) is 16.9 Å². The van der Waals surface area contributed by atoms with E-state index in [0.717, 1.165) is 61.4 Å². The Bertz CT molecular complexity index is 865. The Morgan fingerprint density at radius 1 is 1.19 bits per heavy atom. The van der Waals surface area contributed by atoms with Crippen LogP contribution in [0, 0.1) is 5.92 Å². The monoisotopic (exact) mass is 418 g/mol. The Morgan fingerprint density at radius 2 is 2.04 bits per heavy atom. The molecule has 140 valence electrons. The molecule has 1 fully saturated rings. The molecule has 4 rings (SSSR count). The summed E-state index contributed by atoms with van der Waals surface area (Å²) in [6.07, 6.45) is 3.36. The van der Waals surface area contributed by atoms with E-state index in [1.54, 1.807) is 0 Å². The third-order valence-electron chi connectivity index (χ3n) is 6.05. The molecule has 0 spiro atoms. The largest absolute Gasteiger partial charge is 0.305 e. The van der Waals surface area contributed by atoms with Gasteiger partial charge in [-0.1, -0.05) is 29.3 Å². The van der Waals surface area contributed by atoms with Crippen molar-refractivity contribution < 1.29 is 0 Å². The van der Waals surface area contributed by atoms with E-state index < -0.39 is 0 Å². The minimum Gasteiger partial charge on any atom is -0.305 e. The van der Waals surface area contributed by atoms with Crippen molar-refractivity contribution in [1.82, 2.24) is 19.4 Å². The lowest BCUT2D eigenvalue weighted by molar-refractivity contribution is 0.105. The lowest BCUT2D eigenvalue weighted by Gasteiger charge is -2.40. The molecule has 0 saturated carbocycles. The zero-order chi connectivity index (χ0) is 18.3. The van der Waals surface area contributed by atoms with Gasteiger partial charge in [0.1, 0.15) is 5.82 Å². The first-order valence-corrected chi connectivity index (χ1v) is 10.5. The normalized spacial score (nSPS) is 25.2. The van der Waals surface area contributed by atoms with Gasteiger partial charge in [-0.05, 0) is 50.6 Å². The number of nitrogens with zero attached hydrogens (tertiary/aromatic N) is 4. The van der Waals surface area contributed by atoms with Crippen LogP contribution >= 0.6 is 15.9 Å². The van der Waals surface area contributed by atoms with E-state index in [4.69, 9.17) is 4.98 Å². The molecule has 26 heavy (non-hydrogen) atoms. The summed E-state index contributed by atoms with van der Waals surface area (Å²) in [5.74, 6) is 1.55. The Morgan fingerprint density at radius 3 is 2.85 bits per heavy atom. The lowest BCUT2D eigenvalue weighted by atomic mass is 9.88. The summed E-state index contributed by atoms with van der Waals surface area (Å²) in [6.45, 7) is 7.41. The number of fused-ring (bicyclic) bond motifs is 2. The SMILES string of the molecule is CC[C@H]1CCn2c(nc3ccc(Br)cc3c2=O)[C@@H]1N1CCCN(C)CC1. The molecule has 1 aromatic carbocycles. The van der Waals surface area contributed by atoms with Crippen LogP contribution in [0.2, 0.25) is 0 Å². The third-order valence-corrected chi connectivity index (χ3v) is 6.55. The molecule has 2 atom stereocenters.